The van der Waals surface area contributed by atoms with Crippen LogP contribution in [0.15, 0.2) is 0 Å². The second kappa shape index (κ2) is 7.75. The van der Waals surface area contributed by atoms with Crippen molar-refractivity contribution in [1.82, 2.24) is 5.06 Å². The van der Waals surface area contributed by atoms with Crippen LogP contribution in [0.3, 0.4) is 0 Å². The molecule has 2 saturated carbocycles. The molecule has 4 nitrogen and oxygen atoms in total. The quantitative estimate of drug-likeness (QED) is 0.567. The Hall–Kier alpha value is -0.300. The second-order valence-corrected chi connectivity index (χ2v) is 11.5. The summed E-state index contributed by atoms with van der Waals surface area (Å²) in [5.41, 5.74) is 0.508. The summed E-state index contributed by atoms with van der Waals surface area (Å²) in [6.07, 6.45) is 3.93. The zero-order valence-electron chi connectivity index (χ0n) is 18.5. The van der Waals surface area contributed by atoms with E-state index >= 15 is 0 Å². The highest BCUT2D eigenvalue weighted by Gasteiger charge is 2.55. The van der Waals surface area contributed by atoms with E-state index in [4.69, 9.17) is 14.3 Å². The van der Waals surface area contributed by atoms with Crippen LogP contribution in [0.25, 0.3) is 0 Å². The van der Waals surface area contributed by atoms with Gasteiger partial charge in [-0.15, -0.1) is 0 Å². The van der Waals surface area contributed by atoms with Crippen LogP contribution in [0.5, 0.6) is 0 Å². The van der Waals surface area contributed by atoms with Crippen LogP contribution >= 0.6 is 0 Å². The van der Waals surface area contributed by atoms with E-state index in [1.165, 1.54) is 12.8 Å². The molecule has 1 heterocycles. The lowest BCUT2D eigenvalue weighted by Gasteiger charge is -2.61. The summed E-state index contributed by atoms with van der Waals surface area (Å²) in [4.78, 5) is 5.37. The van der Waals surface area contributed by atoms with Crippen molar-refractivity contribution >= 4 is 0 Å². The standard InChI is InChI=1S/C22H39F2NO3/c1-19(2,3)16-11-21(12-16)13-25(14-21)27-15-22(23,24)7-8-26-17-9-18(10-17)28-20(4,5)6/h16-18H,7-15H2,1-6H3. The zero-order chi connectivity index (χ0) is 20.8. The minimum Gasteiger partial charge on any atom is -0.378 e. The van der Waals surface area contributed by atoms with Gasteiger partial charge in [0, 0.05) is 24.9 Å². The van der Waals surface area contributed by atoms with Crippen molar-refractivity contribution in [3.8, 4) is 0 Å². The average Bonchev–Trinajstić information content (AvgIpc) is 2.38. The van der Waals surface area contributed by atoms with Crippen LogP contribution in [-0.4, -0.2) is 55.1 Å². The number of nitrogens with zero attached hydrogens (tertiary/aromatic N) is 1. The van der Waals surface area contributed by atoms with Crippen LogP contribution in [0.2, 0.25) is 0 Å². The van der Waals surface area contributed by atoms with Crippen molar-refractivity contribution in [3.63, 3.8) is 0 Å². The monoisotopic (exact) mass is 403 g/mol. The maximum absolute atomic E-state index is 14.1. The lowest BCUT2D eigenvalue weighted by molar-refractivity contribution is -0.303. The highest BCUT2D eigenvalue weighted by molar-refractivity contribution is 5.04. The third-order valence-electron chi connectivity index (χ3n) is 6.46. The average molecular weight is 404 g/mol. The first-order valence-electron chi connectivity index (χ1n) is 10.8. The minimum atomic E-state index is -2.85. The lowest BCUT2D eigenvalue weighted by Crippen LogP contribution is -2.63. The molecule has 0 radical (unpaired) electrons. The van der Waals surface area contributed by atoms with E-state index in [9.17, 15) is 8.78 Å². The van der Waals surface area contributed by atoms with Crippen LogP contribution in [0.1, 0.15) is 73.6 Å². The molecule has 0 atom stereocenters. The summed E-state index contributed by atoms with van der Waals surface area (Å²) in [6.45, 7) is 14.0. The molecule has 164 valence electrons. The van der Waals surface area contributed by atoms with E-state index in [-0.39, 0.29) is 30.8 Å². The summed E-state index contributed by atoms with van der Waals surface area (Å²) >= 11 is 0. The molecular formula is C22H39F2NO3. The van der Waals surface area contributed by atoms with Crippen molar-refractivity contribution in [3.05, 3.63) is 0 Å². The summed E-state index contributed by atoms with van der Waals surface area (Å²) in [5.74, 6) is -2.10. The highest BCUT2D eigenvalue weighted by Crippen LogP contribution is 2.57. The van der Waals surface area contributed by atoms with Gasteiger partial charge >= 0.3 is 0 Å². The molecule has 28 heavy (non-hydrogen) atoms. The van der Waals surface area contributed by atoms with Gasteiger partial charge in [0.05, 0.1) is 24.4 Å². The van der Waals surface area contributed by atoms with Gasteiger partial charge in [-0.3, -0.25) is 4.84 Å². The first-order valence-corrected chi connectivity index (χ1v) is 10.8. The Labute approximate surface area is 169 Å². The molecule has 6 heteroatoms. The van der Waals surface area contributed by atoms with E-state index in [0.29, 0.717) is 10.8 Å². The van der Waals surface area contributed by atoms with Gasteiger partial charge in [-0.25, -0.2) is 8.78 Å². The SMILES string of the molecule is CC(C)(C)OC1CC(OCCC(F)(F)CON2CC3(CC(C(C)(C)C)C3)C2)C1. The topological polar surface area (TPSA) is 30.9 Å². The fraction of sp³-hybridized carbons (Fsp3) is 1.00. The summed E-state index contributed by atoms with van der Waals surface area (Å²) in [7, 11) is 0. The maximum atomic E-state index is 14.1. The van der Waals surface area contributed by atoms with Gasteiger partial charge in [0.15, 0.2) is 0 Å². The number of hydroxylamine groups is 2. The summed E-state index contributed by atoms with van der Waals surface area (Å²) in [5, 5.41) is 1.72. The van der Waals surface area contributed by atoms with E-state index in [1.807, 2.05) is 20.8 Å². The summed E-state index contributed by atoms with van der Waals surface area (Å²) < 4.78 is 39.5. The molecular weight excluding hydrogens is 364 g/mol. The molecule has 0 bridgehead atoms. The van der Waals surface area contributed by atoms with E-state index in [1.54, 1.807) is 5.06 Å². The number of hydrogen-bond donors (Lipinski definition) is 0. The molecule has 3 fully saturated rings. The fourth-order valence-electron chi connectivity index (χ4n) is 4.53. The van der Waals surface area contributed by atoms with Gasteiger partial charge in [0.2, 0.25) is 0 Å². The zero-order valence-corrected chi connectivity index (χ0v) is 18.5. The van der Waals surface area contributed by atoms with Crippen LogP contribution < -0.4 is 0 Å². The number of alkyl halides is 2. The number of hydrogen-bond acceptors (Lipinski definition) is 4. The van der Waals surface area contributed by atoms with Crippen molar-refractivity contribution < 1.29 is 23.1 Å². The third-order valence-corrected chi connectivity index (χ3v) is 6.46. The first-order chi connectivity index (χ1) is 12.8. The Morgan fingerprint density at radius 3 is 2.11 bits per heavy atom. The van der Waals surface area contributed by atoms with Gasteiger partial charge in [0.1, 0.15) is 6.61 Å². The van der Waals surface area contributed by atoms with Gasteiger partial charge in [0.25, 0.3) is 5.92 Å². The molecule has 3 aliphatic rings. The molecule has 2 aliphatic carbocycles. The Morgan fingerprint density at radius 2 is 1.57 bits per heavy atom. The van der Waals surface area contributed by atoms with E-state index in [0.717, 1.165) is 31.8 Å². The van der Waals surface area contributed by atoms with Gasteiger partial charge < -0.3 is 9.47 Å². The van der Waals surface area contributed by atoms with Gasteiger partial charge in [-0.05, 0) is 57.8 Å². The first kappa shape index (κ1) is 22.4. The maximum Gasteiger partial charge on any atom is 0.275 e. The van der Waals surface area contributed by atoms with Crippen LogP contribution in [0, 0.1) is 16.7 Å². The molecule has 1 saturated heterocycles. The van der Waals surface area contributed by atoms with Crippen molar-refractivity contribution in [2.45, 2.75) is 97.4 Å². The minimum absolute atomic E-state index is 0.0497. The predicted molar refractivity (Wildman–Crippen MR) is 105 cm³/mol. The normalized spacial score (nSPS) is 28.7. The molecule has 0 N–H and O–H groups in total. The second-order valence-electron chi connectivity index (χ2n) is 11.5. The van der Waals surface area contributed by atoms with Gasteiger partial charge in [-0.2, -0.15) is 5.06 Å². The fourth-order valence-corrected chi connectivity index (χ4v) is 4.53. The lowest BCUT2D eigenvalue weighted by atomic mass is 9.52. The Balaban J connectivity index is 1.23. The highest BCUT2D eigenvalue weighted by atomic mass is 19.3. The van der Waals surface area contributed by atoms with Crippen LogP contribution in [-0.2, 0) is 14.3 Å². The predicted octanol–water partition coefficient (Wildman–Crippen LogP) is 5.06. The van der Waals surface area contributed by atoms with Crippen molar-refractivity contribution in [1.29, 1.82) is 0 Å². The van der Waals surface area contributed by atoms with E-state index in [2.05, 4.69) is 20.8 Å². The van der Waals surface area contributed by atoms with Crippen molar-refractivity contribution in [2.24, 2.45) is 16.7 Å². The smallest absolute Gasteiger partial charge is 0.275 e. The third kappa shape index (κ3) is 5.87. The van der Waals surface area contributed by atoms with Crippen LogP contribution in [0.4, 0.5) is 8.78 Å². The molecule has 3 rings (SSSR count). The number of ether oxygens (including phenoxy) is 2. The summed E-state index contributed by atoms with van der Waals surface area (Å²) in [6, 6.07) is 0. The molecule has 0 amide bonds. The molecule has 0 aromatic heterocycles. The number of rotatable bonds is 8. The van der Waals surface area contributed by atoms with Gasteiger partial charge in [-0.1, -0.05) is 20.8 Å². The molecule has 1 spiro atoms. The Bertz CT molecular complexity index is 521. The molecule has 1 aliphatic heterocycles. The Morgan fingerprint density at radius 1 is 0.964 bits per heavy atom. The molecule has 0 aromatic carbocycles. The van der Waals surface area contributed by atoms with E-state index < -0.39 is 12.5 Å². The van der Waals surface area contributed by atoms with Crippen molar-refractivity contribution in [2.75, 3.05) is 26.3 Å². The Kier molecular flexibility index (Phi) is 6.20. The molecule has 0 aromatic rings. The largest absolute Gasteiger partial charge is 0.378 e. The molecule has 0 unspecified atom stereocenters. The number of halogens is 2.